The predicted octanol–water partition coefficient (Wildman–Crippen LogP) is 4.81. The van der Waals surface area contributed by atoms with Gasteiger partial charge in [-0.1, -0.05) is 36.4 Å². The number of aromatic nitrogens is 3. The monoisotopic (exact) mass is 578 g/mol. The molecule has 0 aliphatic carbocycles. The molecule has 0 amide bonds. The number of thiazole rings is 1. The van der Waals surface area contributed by atoms with E-state index < -0.39 is 5.97 Å². The van der Waals surface area contributed by atoms with E-state index in [0.29, 0.717) is 40.2 Å². The fourth-order valence-corrected chi connectivity index (χ4v) is 5.20. The largest absolute Gasteiger partial charge is 0.497 e. The van der Waals surface area contributed by atoms with Crippen molar-refractivity contribution in [2.45, 2.75) is 33.5 Å². The first-order chi connectivity index (χ1) is 19.9. The SMILES string of the molecule is CCOC(=O)CN(Cc1ccc(OC)cc1OC)Cc1nc(-c2cnn(Cc3ccccc3)c2)sc1C(=O)OCC. The molecule has 0 aliphatic rings. The second-order valence-electron chi connectivity index (χ2n) is 9.06. The van der Waals surface area contributed by atoms with E-state index in [1.165, 1.54) is 11.3 Å². The van der Waals surface area contributed by atoms with Crippen LogP contribution >= 0.6 is 11.3 Å². The Morgan fingerprint density at radius 3 is 2.46 bits per heavy atom. The van der Waals surface area contributed by atoms with E-state index in [1.54, 1.807) is 40.3 Å². The highest BCUT2D eigenvalue weighted by Crippen LogP contribution is 2.31. The first-order valence-electron chi connectivity index (χ1n) is 13.3. The maximum absolute atomic E-state index is 13.0. The molecule has 10 nitrogen and oxygen atoms in total. The highest BCUT2D eigenvalue weighted by atomic mass is 32.1. The maximum Gasteiger partial charge on any atom is 0.350 e. The summed E-state index contributed by atoms with van der Waals surface area (Å²) < 4.78 is 23.3. The van der Waals surface area contributed by atoms with E-state index in [2.05, 4.69) is 5.10 Å². The van der Waals surface area contributed by atoms with Crippen molar-refractivity contribution in [3.8, 4) is 22.1 Å². The van der Waals surface area contributed by atoms with Crippen LogP contribution in [0.3, 0.4) is 0 Å². The van der Waals surface area contributed by atoms with Gasteiger partial charge in [-0.3, -0.25) is 14.4 Å². The van der Waals surface area contributed by atoms with Gasteiger partial charge in [0.2, 0.25) is 0 Å². The van der Waals surface area contributed by atoms with Crippen molar-refractivity contribution in [1.29, 1.82) is 0 Å². The van der Waals surface area contributed by atoms with Crippen LogP contribution in [-0.2, 0) is 33.9 Å². The van der Waals surface area contributed by atoms with Crippen LogP contribution in [-0.4, -0.2) is 65.6 Å². The molecule has 2 aromatic carbocycles. The van der Waals surface area contributed by atoms with Gasteiger partial charge in [-0.05, 0) is 25.5 Å². The zero-order valence-corrected chi connectivity index (χ0v) is 24.5. The number of hydrogen-bond acceptors (Lipinski definition) is 10. The molecule has 0 fully saturated rings. The number of carbonyl (C=O) groups excluding carboxylic acids is 2. The molecule has 216 valence electrons. The van der Waals surface area contributed by atoms with Crippen LogP contribution in [0.5, 0.6) is 11.5 Å². The minimum Gasteiger partial charge on any atom is -0.497 e. The normalized spacial score (nSPS) is 11.0. The number of nitrogens with zero attached hydrogens (tertiary/aromatic N) is 4. The van der Waals surface area contributed by atoms with Gasteiger partial charge in [-0.25, -0.2) is 9.78 Å². The maximum atomic E-state index is 13.0. The molecule has 2 heterocycles. The van der Waals surface area contributed by atoms with Crippen LogP contribution in [0, 0.1) is 0 Å². The molecule has 11 heteroatoms. The number of esters is 2. The van der Waals surface area contributed by atoms with Gasteiger partial charge in [0.05, 0.1) is 52.4 Å². The van der Waals surface area contributed by atoms with Crippen molar-refractivity contribution in [1.82, 2.24) is 19.7 Å². The number of methoxy groups -OCH3 is 2. The summed E-state index contributed by atoms with van der Waals surface area (Å²) >= 11 is 1.25. The Hall–Kier alpha value is -4.22. The first-order valence-corrected chi connectivity index (χ1v) is 14.1. The van der Waals surface area contributed by atoms with Crippen LogP contribution in [0.15, 0.2) is 60.9 Å². The molecule has 0 aliphatic heterocycles. The van der Waals surface area contributed by atoms with Crippen molar-refractivity contribution in [2.24, 2.45) is 0 Å². The Morgan fingerprint density at radius 1 is 0.976 bits per heavy atom. The highest BCUT2D eigenvalue weighted by molar-refractivity contribution is 7.17. The third-order valence-corrected chi connectivity index (χ3v) is 7.27. The van der Waals surface area contributed by atoms with Crippen LogP contribution in [0.4, 0.5) is 0 Å². The van der Waals surface area contributed by atoms with Gasteiger partial charge < -0.3 is 18.9 Å². The second-order valence-corrected chi connectivity index (χ2v) is 10.1. The summed E-state index contributed by atoms with van der Waals surface area (Å²) in [6.07, 6.45) is 3.64. The molecule has 0 N–H and O–H groups in total. The second kappa shape index (κ2) is 14.4. The van der Waals surface area contributed by atoms with E-state index in [9.17, 15) is 9.59 Å². The molecule has 0 spiro atoms. The summed E-state index contributed by atoms with van der Waals surface area (Å²) in [5, 5.41) is 5.13. The number of carbonyl (C=O) groups is 2. The summed E-state index contributed by atoms with van der Waals surface area (Å²) in [6.45, 7) is 5.17. The number of hydrogen-bond donors (Lipinski definition) is 0. The minimum atomic E-state index is -0.457. The Balaban J connectivity index is 1.64. The first kappa shape index (κ1) is 29.8. The smallest absolute Gasteiger partial charge is 0.350 e. The lowest BCUT2D eigenvalue weighted by Gasteiger charge is -2.22. The average molecular weight is 579 g/mol. The molecule has 4 aromatic rings. The molecule has 0 bridgehead atoms. The standard InChI is InChI=1S/C30H34N4O6S/c1-5-39-27(35)20-33(17-22-12-13-24(37-3)14-26(22)38-4)19-25-28(30(36)40-6-2)41-29(32-25)23-15-31-34(18-23)16-21-10-8-7-9-11-21/h7-15,18H,5-6,16-17,19-20H2,1-4H3. The van der Waals surface area contributed by atoms with Gasteiger partial charge in [0, 0.05) is 36.5 Å². The highest BCUT2D eigenvalue weighted by Gasteiger charge is 2.24. The molecule has 4 rings (SSSR count). The van der Waals surface area contributed by atoms with Crippen molar-refractivity contribution < 1.29 is 28.5 Å². The van der Waals surface area contributed by atoms with E-state index in [0.717, 1.165) is 16.7 Å². The van der Waals surface area contributed by atoms with Gasteiger partial charge in [0.25, 0.3) is 0 Å². The molecule has 2 aromatic heterocycles. The summed E-state index contributed by atoms with van der Waals surface area (Å²) in [5.74, 6) is 0.439. The summed E-state index contributed by atoms with van der Waals surface area (Å²) in [7, 11) is 3.17. The van der Waals surface area contributed by atoms with Crippen LogP contribution in [0.25, 0.3) is 10.6 Å². The van der Waals surface area contributed by atoms with E-state index >= 15 is 0 Å². The fraction of sp³-hybridized carbons (Fsp3) is 0.333. The fourth-order valence-electron chi connectivity index (χ4n) is 4.26. The van der Waals surface area contributed by atoms with Crippen molar-refractivity contribution >= 4 is 23.3 Å². The lowest BCUT2D eigenvalue weighted by Crippen LogP contribution is -2.31. The summed E-state index contributed by atoms with van der Waals surface area (Å²) in [6, 6.07) is 15.5. The average Bonchev–Trinajstić information content (AvgIpc) is 3.61. The Morgan fingerprint density at radius 2 is 1.76 bits per heavy atom. The van der Waals surface area contributed by atoms with Gasteiger partial charge in [-0.15, -0.1) is 11.3 Å². The molecule has 41 heavy (non-hydrogen) atoms. The van der Waals surface area contributed by atoms with Gasteiger partial charge in [-0.2, -0.15) is 5.10 Å². The zero-order valence-electron chi connectivity index (χ0n) is 23.7. The Bertz CT molecular complexity index is 1450. The molecule has 0 saturated carbocycles. The predicted molar refractivity (Wildman–Crippen MR) is 155 cm³/mol. The van der Waals surface area contributed by atoms with Crippen molar-refractivity contribution in [3.63, 3.8) is 0 Å². The van der Waals surface area contributed by atoms with E-state index in [4.69, 9.17) is 23.9 Å². The number of benzene rings is 2. The summed E-state index contributed by atoms with van der Waals surface area (Å²) in [5.41, 5.74) is 3.26. The Kier molecular flexibility index (Phi) is 10.5. The Labute approximate surface area is 243 Å². The van der Waals surface area contributed by atoms with Gasteiger partial charge in [0.15, 0.2) is 0 Å². The van der Waals surface area contributed by atoms with Gasteiger partial charge in [0.1, 0.15) is 21.4 Å². The van der Waals surface area contributed by atoms with Gasteiger partial charge >= 0.3 is 11.9 Å². The molecular formula is C30H34N4O6S. The minimum absolute atomic E-state index is 0.00679. The van der Waals surface area contributed by atoms with Crippen LogP contribution in [0.2, 0.25) is 0 Å². The number of ether oxygens (including phenoxy) is 4. The lowest BCUT2D eigenvalue weighted by atomic mass is 10.1. The molecule has 0 saturated heterocycles. The van der Waals surface area contributed by atoms with Crippen molar-refractivity contribution in [3.05, 3.63) is 82.6 Å². The summed E-state index contributed by atoms with van der Waals surface area (Å²) in [4.78, 5) is 32.6. The third-order valence-electron chi connectivity index (χ3n) is 6.15. The molecule has 0 radical (unpaired) electrons. The quantitative estimate of drug-likeness (QED) is 0.195. The number of rotatable bonds is 14. The zero-order chi connectivity index (χ0) is 29.2. The van der Waals surface area contributed by atoms with Crippen molar-refractivity contribution in [2.75, 3.05) is 34.0 Å². The lowest BCUT2D eigenvalue weighted by molar-refractivity contribution is -0.144. The van der Waals surface area contributed by atoms with E-state index in [1.807, 2.05) is 58.2 Å². The van der Waals surface area contributed by atoms with E-state index in [-0.39, 0.29) is 32.3 Å². The molecule has 0 atom stereocenters. The third kappa shape index (κ3) is 7.92. The topological polar surface area (TPSA) is 105 Å². The van der Waals surface area contributed by atoms with Crippen LogP contribution < -0.4 is 9.47 Å². The molecule has 0 unspecified atom stereocenters. The van der Waals surface area contributed by atoms with Crippen LogP contribution in [0.1, 0.15) is 40.3 Å². The molecular weight excluding hydrogens is 544 g/mol.